The molecule has 5 unspecified atom stereocenters. The van der Waals surface area contributed by atoms with E-state index < -0.39 is 37.3 Å². The summed E-state index contributed by atoms with van der Waals surface area (Å²) < 4.78 is 5.31. The van der Waals surface area contributed by atoms with Crippen LogP contribution in [0.1, 0.15) is 0 Å². The molecule has 0 amide bonds. The van der Waals surface area contributed by atoms with Gasteiger partial charge in [-0.1, -0.05) is 0 Å². The monoisotopic (exact) mass is 270 g/mol. The number of nitrogens with two attached hydrogens (primary N) is 1. The van der Waals surface area contributed by atoms with Crippen molar-refractivity contribution in [2.24, 2.45) is 0 Å². The minimum atomic E-state index is -1.39. The molecule has 0 aliphatic carbocycles. The molecule has 2 rings (SSSR count). The Hall–Kier alpha value is -1.38. The number of nitrogen functional groups attached to an aromatic ring is 1. The van der Waals surface area contributed by atoms with Crippen LogP contribution in [0.3, 0.4) is 0 Å². The Bertz CT molecular complexity index is 411. The van der Waals surface area contributed by atoms with E-state index in [1.165, 1.54) is 0 Å². The first-order valence-corrected chi connectivity index (χ1v) is 5.95. The summed E-state index contributed by atoms with van der Waals surface area (Å²) in [4.78, 5) is 0. The number of hydrogen-bond donors (Lipinski definition) is 6. The molecule has 7 N–H and O–H groups in total. The Labute approximate surface area is 110 Å². The van der Waals surface area contributed by atoms with Crippen molar-refractivity contribution in [2.45, 2.75) is 30.6 Å². The molecule has 0 saturated carbocycles. The fourth-order valence-electron chi connectivity index (χ4n) is 1.96. The summed E-state index contributed by atoms with van der Waals surface area (Å²) in [6, 6.07) is 6.73. The fourth-order valence-corrected chi connectivity index (χ4v) is 1.96. The normalized spacial score (nSPS) is 35.1. The van der Waals surface area contributed by atoms with Crippen molar-refractivity contribution in [2.75, 3.05) is 17.7 Å². The van der Waals surface area contributed by atoms with Gasteiger partial charge in [-0.3, -0.25) is 0 Å². The highest BCUT2D eigenvalue weighted by Gasteiger charge is 2.43. The first kappa shape index (κ1) is 14.0. The summed E-state index contributed by atoms with van der Waals surface area (Å²) in [6.07, 6.45) is -5.92. The van der Waals surface area contributed by atoms with Crippen molar-refractivity contribution in [3.05, 3.63) is 24.3 Å². The highest BCUT2D eigenvalue weighted by Crippen LogP contribution is 2.23. The van der Waals surface area contributed by atoms with Crippen LogP contribution in [0.5, 0.6) is 0 Å². The first-order valence-electron chi connectivity index (χ1n) is 5.95. The summed E-state index contributed by atoms with van der Waals surface area (Å²) in [6.45, 7) is -0.454. The second-order valence-electron chi connectivity index (χ2n) is 4.52. The molecule has 1 aliphatic rings. The number of hydrogen-bond acceptors (Lipinski definition) is 7. The van der Waals surface area contributed by atoms with Crippen molar-refractivity contribution in [3.8, 4) is 0 Å². The van der Waals surface area contributed by atoms with E-state index in [9.17, 15) is 15.3 Å². The van der Waals surface area contributed by atoms with Crippen molar-refractivity contribution in [1.82, 2.24) is 0 Å². The minimum Gasteiger partial charge on any atom is -0.399 e. The molecule has 5 atom stereocenters. The minimum absolute atomic E-state index is 0.454. The third kappa shape index (κ3) is 2.96. The maximum atomic E-state index is 9.83. The Morgan fingerprint density at radius 1 is 1.05 bits per heavy atom. The van der Waals surface area contributed by atoms with Crippen LogP contribution in [0, 0.1) is 0 Å². The van der Waals surface area contributed by atoms with Gasteiger partial charge in [-0.2, -0.15) is 0 Å². The number of anilines is 2. The molecule has 19 heavy (non-hydrogen) atoms. The summed E-state index contributed by atoms with van der Waals surface area (Å²) in [5, 5.41) is 41.0. The molecule has 1 aliphatic heterocycles. The van der Waals surface area contributed by atoms with Crippen LogP contribution >= 0.6 is 0 Å². The Kier molecular flexibility index (Phi) is 4.23. The molecular weight excluding hydrogens is 252 g/mol. The molecule has 0 bridgehead atoms. The van der Waals surface area contributed by atoms with Gasteiger partial charge in [0.15, 0.2) is 6.23 Å². The zero-order valence-electron chi connectivity index (χ0n) is 10.2. The van der Waals surface area contributed by atoms with E-state index in [0.717, 1.165) is 0 Å². The number of aliphatic hydroxyl groups is 4. The van der Waals surface area contributed by atoms with Gasteiger partial charge in [0.05, 0.1) is 6.61 Å². The van der Waals surface area contributed by atoms with E-state index in [1.54, 1.807) is 24.3 Å². The van der Waals surface area contributed by atoms with Crippen LogP contribution in [0.15, 0.2) is 24.3 Å². The van der Waals surface area contributed by atoms with Crippen LogP contribution in [0.2, 0.25) is 0 Å². The first-order chi connectivity index (χ1) is 9.02. The second-order valence-corrected chi connectivity index (χ2v) is 4.52. The summed E-state index contributed by atoms with van der Waals surface area (Å²) in [5.74, 6) is 0. The lowest BCUT2D eigenvalue weighted by molar-refractivity contribution is -0.221. The van der Waals surface area contributed by atoms with Gasteiger partial charge in [-0.15, -0.1) is 0 Å². The molecule has 1 aromatic rings. The van der Waals surface area contributed by atoms with Crippen LogP contribution < -0.4 is 11.1 Å². The van der Waals surface area contributed by atoms with E-state index in [-0.39, 0.29) is 0 Å². The molecule has 1 fully saturated rings. The SMILES string of the molecule is Nc1ccc(NC2OC(CO)C(O)C(O)C2O)cc1. The van der Waals surface area contributed by atoms with Gasteiger partial charge in [0, 0.05) is 11.4 Å². The van der Waals surface area contributed by atoms with Gasteiger partial charge >= 0.3 is 0 Å². The lowest BCUT2D eigenvalue weighted by atomic mass is 9.98. The molecule has 1 aromatic carbocycles. The van der Waals surface area contributed by atoms with Crippen molar-refractivity contribution >= 4 is 11.4 Å². The topological polar surface area (TPSA) is 128 Å². The second kappa shape index (κ2) is 5.72. The summed E-state index contributed by atoms with van der Waals surface area (Å²) in [7, 11) is 0. The zero-order valence-corrected chi connectivity index (χ0v) is 10.2. The number of rotatable bonds is 3. The summed E-state index contributed by atoms with van der Waals surface area (Å²) >= 11 is 0. The summed E-state index contributed by atoms with van der Waals surface area (Å²) in [5.41, 5.74) is 6.79. The highest BCUT2D eigenvalue weighted by molar-refractivity contribution is 5.51. The largest absolute Gasteiger partial charge is 0.399 e. The quantitative estimate of drug-likeness (QED) is 0.368. The van der Waals surface area contributed by atoms with Gasteiger partial charge in [-0.05, 0) is 24.3 Å². The third-order valence-electron chi connectivity index (χ3n) is 3.11. The number of aliphatic hydroxyl groups excluding tert-OH is 4. The standard InChI is InChI=1S/C12H18N2O5/c13-6-1-3-7(4-2-6)14-12-11(18)10(17)9(16)8(5-15)19-12/h1-4,8-12,14-18H,5,13H2. The Morgan fingerprint density at radius 2 is 1.68 bits per heavy atom. The average molecular weight is 270 g/mol. The number of benzene rings is 1. The molecular formula is C12H18N2O5. The van der Waals surface area contributed by atoms with Crippen LogP contribution in [-0.2, 0) is 4.74 Å². The maximum absolute atomic E-state index is 9.83. The predicted octanol–water partition coefficient (Wildman–Crippen LogP) is -1.52. The van der Waals surface area contributed by atoms with Crippen molar-refractivity contribution < 1.29 is 25.2 Å². The molecule has 0 radical (unpaired) electrons. The Balaban J connectivity index is 2.08. The molecule has 1 heterocycles. The van der Waals surface area contributed by atoms with E-state index in [0.29, 0.717) is 11.4 Å². The molecule has 0 aromatic heterocycles. The average Bonchev–Trinajstić information content (AvgIpc) is 2.42. The zero-order chi connectivity index (χ0) is 14.0. The molecule has 1 saturated heterocycles. The van der Waals surface area contributed by atoms with E-state index in [1.807, 2.05) is 0 Å². The van der Waals surface area contributed by atoms with Gasteiger partial charge in [0.2, 0.25) is 0 Å². The van der Waals surface area contributed by atoms with Gasteiger partial charge in [0.25, 0.3) is 0 Å². The van der Waals surface area contributed by atoms with Crippen LogP contribution in [0.4, 0.5) is 11.4 Å². The van der Waals surface area contributed by atoms with Crippen LogP contribution in [0.25, 0.3) is 0 Å². The lowest BCUT2D eigenvalue weighted by Crippen LogP contribution is -2.60. The maximum Gasteiger partial charge on any atom is 0.157 e. The Morgan fingerprint density at radius 3 is 2.26 bits per heavy atom. The van der Waals surface area contributed by atoms with E-state index in [4.69, 9.17) is 15.6 Å². The van der Waals surface area contributed by atoms with Gasteiger partial charge in [0.1, 0.15) is 24.4 Å². The van der Waals surface area contributed by atoms with Crippen LogP contribution in [-0.4, -0.2) is 57.7 Å². The van der Waals surface area contributed by atoms with E-state index >= 15 is 0 Å². The molecule has 7 nitrogen and oxygen atoms in total. The smallest absolute Gasteiger partial charge is 0.157 e. The van der Waals surface area contributed by atoms with Crippen molar-refractivity contribution in [3.63, 3.8) is 0 Å². The lowest BCUT2D eigenvalue weighted by Gasteiger charge is -2.40. The van der Waals surface area contributed by atoms with Gasteiger partial charge in [-0.25, -0.2) is 0 Å². The fraction of sp³-hybridized carbons (Fsp3) is 0.500. The molecule has 7 heteroatoms. The van der Waals surface area contributed by atoms with E-state index in [2.05, 4.69) is 5.32 Å². The predicted molar refractivity (Wildman–Crippen MR) is 68.2 cm³/mol. The van der Waals surface area contributed by atoms with Gasteiger partial charge < -0.3 is 36.2 Å². The third-order valence-corrected chi connectivity index (χ3v) is 3.11. The molecule has 106 valence electrons. The molecule has 0 spiro atoms. The van der Waals surface area contributed by atoms with Crippen molar-refractivity contribution in [1.29, 1.82) is 0 Å². The number of ether oxygens (including phenoxy) is 1. The number of nitrogens with one attached hydrogen (secondary N) is 1. The highest BCUT2D eigenvalue weighted by atomic mass is 16.6.